The number of halogens is 3. The zero-order valence-corrected chi connectivity index (χ0v) is 21.9. The summed E-state index contributed by atoms with van der Waals surface area (Å²) in [5.74, 6) is -1.32. The second kappa shape index (κ2) is 10.7. The largest absolute Gasteiger partial charge is 0.464 e. The molecule has 11 heteroatoms. The zero-order valence-electron chi connectivity index (χ0n) is 19.6. The standard InChI is InChI=1S/C27H17Cl3N4O4/c1-37-27(36)25-22(26(35)34(33-25)20-9-4-17(29)5-10-20)12-15-14-38-23-11-6-18(30)13-21(23)24(15)32-31-19-7-2-16(28)3-8-19/h2-14,31H,1H3/b22-12-,32-24-. The number of benzene rings is 3. The number of anilines is 2. The molecular formula is C27H17Cl3N4O4. The van der Waals surface area contributed by atoms with Crippen LogP contribution in [0.4, 0.5) is 11.4 Å². The first-order valence-electron chi connectivity index (χ1n) is 11.1. The van der Waals surface area contributed by atoms with Crippen molar-refractivity contribution in [3.63, 3.8) is 0 Å². The van der Waals surface area contributed by atoms with Crippen LogP contribution in [0.25, 0.3) is 17.0 Å². The lowest BCUT2D eigenvalue weighted by molar-refractivity contribution is -0.132. The topological polar surface area (TPSA) is 96.5 Å². The Hall–Kier alpha value is -4.11. The summed E-state index contributed by atoms with van der Waals surface area (Å²) >= 11 is 18.2. The van der Waals surface area contributed by atoms with E-state index < -0.39 is 11.9 Å². The lowest BCUT2D eigenvalue weighted by Gasteiger charge is -2.11. The minimum absolute atomic E-state index is 0.00804. The van der Waals surface area contributed by atoms with Gasteiger partial charge in [-0.3, -0.25) is 10.2 Å². The van der Waals surface area contributed by atoms with Crippen LogP contribution in [0.5, 0.6) is 0 Å². The first-order chi connectivity index (χ1) is 18.3. The van der Waals surface area contributed by atoms with E-state index in [-0.39, 0.29) is 11.3 Å². The summed E-state index contributed by atoms with van der Waals surface area (Å²) in [6.45, 7) is 0. The molecule has 5 rings (SSSR count). The Bertz CT molecular complexity index is 1690. The molecule has 1 aliphatic rings. The molecule has 38 heavy (non-hydrogen) atoms. The van der Waals surface area contributed by atoms with Gasteiger partial charge in [-0.25, -0.2) is 4.79 Å². The van der Waals surface area contributed by atoms with Gasteiger partial charge < -0.3 is 9.15 Å². The van der Waals surface area contributed by atoms with E-state index in [4.69, 9.17) is 44.0 Å². The van der Waals surface area contributed by atoms with E-state index in [1.807, 2.05) is 0 Å². The fourth-order valence-electron chi connectivity index (χ4n) is 3.71. The van der Waals surface area contributed by atoms with Gasteiger partial charge in [-0.2, -0.15) is 15.2 Å². The Morgan fingerprint density at radius 2 is 1.66 bits per heavy atom. The zero-order chi connectivity index (χ0) is 26.8. The van der Waals surface area contributed by atoms with Crippen LogP contribution in [-0.2, 0) is 14.3 Å². The molecule has 1 amide bonds. The summed E-state index contributed by atoms with van der Waals surface area (Å²) < 4.78 is 10.7. The number of nitrogens with one attached hydrogen (secondary N) is 1. The molecular weight excluding hydrogens is 551 g/mol. The van der Waals surface area contributed by atoms with E-state index in [1.54, 1.807) is 66.7 Å². The van der Waals surface area contributed by atoms with Gasteiger partial charge in [0, 0.05) is 26.0 Å². The molecule has 0 fully saturated rings. The third-order valence-electron chi connectivity index (χ3n) is 5.55. The molecule has 0 unspecified atom stereocenters. The number of ether oxygens (including phenoxy) is 1. The summed E-state index contributed by atoms with van der Waals surface area (Å²) in [6, 6.07) is 18.5. The number of hydrogen-bond donors (Lipinski definition) is 1. The van der Waals surface area contributed by atoms with Crippen molar-refractivity contribution in [3.8, 4) is 0 Å². The molecule has 1 aromatic heterocycles. The number of amides is 1. The van der Waals surface area contributed by atoms with Crippen molar-refractivity contribution in [1.29, 1.82) is 0 Å². The van der Waals surface area contributed by atoms with Gasteiger partial charge in [0.2, 0.25) is 0 Å². The Balaban J connectivity index is 1.66. The van der Waals surface area contributed by atoms with Crippen molar-refractivity contribution in [3.05, 3.63) is 105 Å². The van der Waals surface area contributed by atoms with E-state index in [0.717, 1.165) is 5.01 Å². The van der Waals surface area contributed by atoms with Crippen LogP contribution >= 0.6 is 34.8 Å². The highest BCUT2D eigenvalue weighted by Gasteiger charge is 2.36. The highest BCUT2D eigenvalue weighted by Crippen LogP contribution is 2.27. The average Bonchev–Trinajstić information content (AvgIpc) is 3.24. The highest BCUT2D eigenvalue weighted by molar-refractivity contribution is 6.54. The van der Waals surface area contributed by atoms with Gasteiger partial charge in [0.1, 0.15) is 17.2 Å². The SMILES string of the molecule is COC(=O)C1=NN(c2ccc(Cl)cc2)C(=O)/C1=C\c1coc2ccc(Cl)cc2/c1=N\Nc1ccc(Cl)cc1. The summed E-state index contributed by atoms with van der Waals surface area (Å²) in [7, 11) is 1.21. The van der Waals surface area contributed by atoms with Crippen molar-refractivity contribution < 1.29 is 18.7 Å². The minimum Gasteiger partial charge on any atom is -0.464 e. The van der Waals surface area contributed by atoms with E-state index in [0.29, 0.717) is 48.3 Å². The van der Waals surface area contributed by atoms with Crippen LogP contribution in [-0.4, -0.2) is 24.7 Å². The lowest BCUT2D eigenvalue weighted by atomic mass is 10.1. The lowest BCUT2D eigenvalue weighted by Crippen LogP contribution is -2.23. The molecule has 0 saturated carbocycles. The van der Waals surface area contributed by atoms with Gasteiger partial charge in [-0.05, 0) is 72.8 Å². The number of methoxy groups -OCH3 is 1. The van der Waals surface area contributed by atoms with Crippen molar-refractivity contribution in [2.45, 2.75) is 0 Å². The van der Waals surface area contributed by atoms with Gasteiger partial charge in [-0.1, -0.05) is 34.8 Å². The number of hydrogen-bond acceptors (Lipinski definition) is 7. The molecule has 190 valence electrons. The summed E-state index contributed by atoms with van der Waals surface area (Å²) in [6.07, 6.45) is 2.90. The number of nitrogens with zero attached hydrogens (tertiary/aromatic N) is 3. The smallest absolute Gasteiger partial charge is 0.359 e. The van der Waals surface area contributed by atoms with Crippen molar-refractivity contribution in [2.75, 3.05) is 17.5 Å². The maximum Gasteiger partial charge on any atom is 0.359 e. The molecule has 0 saturated heterocycles. The predicted molar refractivity (Wildman–Crippen MR) is 148 cm³/mol. The maximum atomic E-state index is 13.5. The first-order valence-corrected chi connectivity index (χ1v) is 12.2. The monoisotopic (exact) mass is 566 g/mol. The maximum absolute atomic E-state index is 13.5. The summed E-state index contributed by atoms with van der Waals surface area (Å²) in [5.41, 5.74) is 4.80. The number of fused-ring (bicyclic) bond motifs is 1. The Morgan fingerprint density at radius 3 is 2.34 bits per heavy atom. The van der Waals surface area contributed by atoms with Gasteiger partial charge in [0.25, 0.3) is 5.91 Å². The number of hydrazone groups is 1. The molecule has 1 aliphatic heterocycles. The van der Waals surface area contributed by atoms with Crippen molar-refractivity contribution >= 4 is 80.8 Å². The number of carbonyl (C=O) groups excluding carboxylic acids is 2. The van der Waals surface area contributed by atoms with Crippen LogP contribution in [0.1, 0.15) is 5.56 Å². The van der Waals surface area contributed by atoms with Gasteiger partial charge >= 0.3 is 5.97 Å². The molecule has 4 aromatic rings. The van der Waals surface area contributed by atoms with Gasteiger partial charge in [0.15, 0.2) is 5.71 Å². The van der Waals surface area contributed by atoms with E-state index in [1.165, 1.54) is 19.4 Å². The number of carbonyl (C=O) groups is 2. The van der Waals surface area contributed by atoms with Crippen LogP contribution in [0.3, 0.4) is 0 Å². The molecule has 1 N–H and O–H groups in total. The molecule has 2 heterocycles. The molecule has 3 aromatic carbocycles. The van der Waals surface area contributed by atoms with Gasteiger partial charge in [-0.15, -0.1) is 0 Å². The van der Waals surface area contributed by atoms with Crippen LogP contribution in [0.2, 0.25) is 15.1 Å². The minimum atomic E-state index is -0.778. The average molecular weight is 568 g/mol. The predicted octanol–water partition coefficient (Wildman–Crippen LogP) is 6.28. The quantitative estimate of drug-likeness (QED) is 0.174. The molecule has 0 atom stereocenters. The summed E-state index contributed by atoms with van der Waals surface area (Å²) in [5, 5.41) is 12.4. The van der Waals surface area contributed by atoms with Crippen LogP contribution < -0.4 is 15.8 Å². The number of rotatable bonds is 5. The number of esters is 1. The van der Waals surface area contributed by atoms with E-state index in [9.17, 15) is 9.59 Å². The van der Waals surface area contributed by atoms with Gasteiger partial charge in [0.05, 0.1) is 24.1 Å². The van der Waals surface area contributed by atoms with Crippen LogP contribution in [0.15, 0.2) is 93.2 Å². The second-order valence-electron chi connectivity index (χ2n) is 8.00. The molecule has 0 aliphatic carbocycles. The molecule has 8 nitrogen and oxygen atoms in total. The molecule has 0 bridgehead atoms. The Labute approximate surface area is 231 Å². The van der Waals surface area contributed by atoms with Crippen molar-refractivity contribution in [1.82, 2.24) is 0 Å². The first kappa shape index (κ1) is 25.5. The van der Waals surface area contributed by atoms with Crippen molar-refractivity contribution in [2.24, 2.45) is 10.2 Å². The third-order valence-corrected chi connectivity index (χ3v) is 6.29. The van der Waals surface area contributed by atoms with E-state index in [2.05, 4.69) is 15.6 Å². The fourth-order valence-corrected chi connectivity index (χ4v) is 4.13. The Morgan fingerprint density at radius 1 is 1.00 bits per heavy atom. The van der Waals surface area contributed by atoms with Crippen LogP contribution in [0, 0.1) is 0 Å². The normalized spacial score (nSPS) is 14.8. The molecule has 0 spiro atoms. The highest BCUT2D eigenvalue weighted by atomic mass is 35.5. The summed E-state index contributed by atoms with van der Waals surface area (Å²) in [4.78, 5) is 26.0. The Kier molecular flexibility index (Phi) is 7.20. The fraction of sp³-hybridized carbons (Fsp3) is 0.0370. The third kappa shape index (κ3) is 5.15. The second-order valence-corrected chi connectivity index (χ2v) is 9.31. The molecule has 0 radical (unpaired) electrons. The van der Waals surface area contributed by atoms with E-state index >= 15 is 0 Å².